The lowest BCUT2D eigenvalue weighted by Crippen LogP contribution is -2.29. The Kier molecular flexibility index (Phi) is 12.7. The molecule has 11 nitrogen and oxygen atoms in total. The standard InChI is InChI=1S/C13H18BrNO3S.C6H13NO5S2.C5H10O/c1-9-6-12(7-10(2)13(9)14)18-11-4-5-15(8-11)19(3,16)17;1-13(8,9)7-4-3-6(5-7)12-14(2,10)11;6-5-3-1-2-4-5/h6-7,11H,4-5,8H2,1-3H3;6H,3-5H2,1-2H3;5-6H,1-4H2/t11-;6-;/m10./s1. The summed E-state index contributed by atoms with van der Waals surface area (Å²) in [7, 11) is -9.84. The highest BCUT2D eigenvalue weighted by molar-refractivity contribution is 9.10. The predicted octanol–water partition coefficient (Wildman–Crippen LogP) is 2.40. The molecule has 2 heterocycles. The molecule has 0 aromatic heterocycles. The Morgan fingerprint density at radius 2 is 1.23 bits per heavy atom. The number of ether oxygens (including phenoxy) is 1. The summed E-state index contributed by atoms with van der Waals surface area (Å²) in [5, 5.41) is 8.73. The van der Waals surface area contributed by atoms with Gasteiger partial charge in [-0.15, -0.1) is 0 Å². The maximum atomic E-state index is 11.4. The minimum absolute atomic E-state index is 0.0463. The van der Waals surface area contributed by atoms with E-state index in [1.54, 1.807) is 0 Å². The van der Waals surface area contributed by atoms with Gasteiger partial charge in [0.25, 0.3) is 10.1 Å². The SMILES string of the molecule is CS(=O)(=O)O[C@H]1CCN(S(C)(=O)=O)C1.Cc1cc(O[C@@H]2CCN(S(C)(=O)=O)C2)cc(C)c1Br.OC1CCCC1. The van der Waals surface area contributed by atoms with E-state index in [1.807, 2.05) is 26.0 Å². The van der Waals surface area contributed by atoms with E-state index < -0.39 is 36.3 Å². The summed E-state index contributed by atoms with van der Waals surface area (Å²) in [4.78, 5) is 0. The molecule has 0 bridgehead atoms. The highest BCUT2D eigenvalue weighted by Crippen LogP contribution is 2.28. The van der Waals surface area contributed by atoms with Crippen molar-refractivity contribution in [1.82, 2.24) is 8.61 Å². The summed E-state index contributed by atoms with van der Waals surface area (Å²) >= 11 is 3.52. The molecule has 1 aromatic rings. The number of aliphatic hydroxyl groups excluding tert-OH is 1. The summed E-state index contributed by atoms with van der Waals surface area (Å²) in [6, 6.07) is 3.94. The lowest BCUT2D eigenvalue weighted by atomic mass is 10.1. The van der Waals surface area contributed by atoms with Crippen molar-refractivity contribution >= 4 is 46.1 Å². The molecule has 39 heavy (non-hydrogen) atoms. The van der Waals surface area contributed by atoms with E-state index in [4.69, 9.17) is 14.0 Å². The molecule has 3 aliphatic rings. The Hall–Kier alpha value is -0.810. The van der Waals surface area contributed by atoms with Gasteiger partial charge in [0.15, 0.2) is 0 Å². The van der Waals surface area contributed by atoms with Gasteiger partial charge in [-0.2, -0.15) is 17.0 Å². The van der Waals surface area contributed by atoms with Gasteiger partial charge in [-0.05, 0) is 62.8 Å². The van der Waals surface area contributed by atoms with Gasteiger partial charge in [-0.1, -0.05) is 28.8 Å². The summed E-state index contributed by atoms with van der Waals surface area (Å²) in [5.41, 5.74) is 2.24. The van der Waals surface area contributed by atoms with Crippen LogP contribution in [0.15, 0.2) is 16.6 Å². The molecule has 1 aliphatic carbocycles. The van der Waals surface area contributed by atoms with Crippen molar-refractivity contribution in [2.45, 2.75) is 70.7 Å². The van der Waals surface area contributed by atoms with Crippen LogP contribution in [-0.2, 0) is 34.3 Å². The van der Waals surface area contributed by atoms with E-state index in [0.29, 0.717) is 26.1 Å². The smallest absolute Gasteiger partial charge is 0.264 e. The fourth-order valence-corrected chi connectivity index (χ4v) is 7.12. The first kappa shape index (κ1) is 34.4. The minimum atomic E-state index is -3.50. The maximum absolute atomic E-state index is 11.4. The molecule has 2 aliphatic heterocycles. The largest absolute Gasteiger partial charge is 0.489 e. The van der Waals surface area contributed by atoms with E-state index in [-0.39, 0.29) is 18.8 Å². The molecule has 2 saturated heterocycles. The first-order valence-corrected chi connectivity index (χ1v) is 19.1. The van der Waals surface area contributed by atoms with Crippen molar-refractivity contribution in [3.05, 3.63) is 27.7 Å². The van der Waals surface area contributed by atoms with Gasteiger partial charge in [0, 0.05) is 24.1 Å². The maximum Gasteiger partial charge on any atom is 0.264 e. The van der Waals surface area contributed by atoms with Crippen LogP contribution in [0.3, 0.4) is 0 Å². The molecule has 15 heteroatoms. The van der Waals surface area contributed by atoms with Gasteiger partial charge in [-0.25, -0.2) is 16.8 Å². The van der Waals surface area contributed by atoms with Crippen LogP contribution in [0.25, 0.3) is 0 Å². The lowest BCUT2D eigenvalue weighted by Gasteiger charge is -2.16. The van der Waals surface area contributed by atoms with Crippen LogP contribution in [0, 0.1) is 13.8 Å². The third-order valence-corrected chi connectivity index (χ3v) is 10.9. The lowest BCUT2D eigenvalue weighted by molar-refractivity contribution is 0.183. The van der Waals surface area contributed by atoms with Crippen LogP contribution in [0.5, 0.6) is 5.75 Å². The van der Waals surface area contributed by atoms with Crippen LogP contribution >= 0.6 is 15.9 Å². The zero-order chi connectivity index (χ0) is 29.6. The van der Waals surface area contributed by atoms with E-state index in [1.165, 1.54) is 27.7 Å². The predicted molar refractivity (Wildman–Crippen MR) is 154 cm³/mol. The first-order valence-electron chi connectivity index (χ1n) is 12.7. The Morgan fingerprint density at radius 3 is 1.59 bits per heavy atom. The third-order valence-electron chi connectivity index (χ3n) is 6.50. The average molecular weight is 678 g/mol. The Balaban J connectivity index is 0.000000232. The molecule has 0 spiro atoms. The van der Waals surface area contributed by atoms with E-state index in [9.17, 15) is 25.3 Å². The van der Waals surface area contributed by atoms with Crippen LogP contribution in [0.1, 0.15) is 49.7 Å². The molecule has 1 aromatic carbocycles. The number of rotatable bonds is 6. The van der Waals surface area contributed by atoms with Gasteiger partial charge >= 0.3 is 0 Å². The number of halogens is 1. The summed E-state index contributed by atoms with van der Waals surface area (Å²) in [6.07, 6.45) is 8.44. The number of nitrogens with zero attached hydrogens (tertiary/aromatic N) is 2. The number of aliphatic hydroxyl groups is 1. The van der Waals surface area contributed by atoms with Crippen LogP contribution < -0.4 is 4.74 Å². The normalized spacial score (nSPS) is 23.2. The topological polar surface area (TPSA) is 148 Å². The van der Waals surface area contributed by atoms with Crippen LogP contribution in [0.4, 0.5) is 0 Å². The zero-order valence-corrected chi connectivity index (χ0v) is 27.2. The van der Waals surface area contributed by atoms with Gasteiger partial charge in [0.2, 0.25) is 20.0 Å². The average Bonchev–Trinajstić information content (AvgIpc) is 3.53. The number of benzene rings is 1. The summed E-state index contributed by atoms with van der Waals surface area (Å²) < 4.78 is 80.9. The molecule has 0 unspecified atom stereocenters. The molecule has 0 radical (unpaired) electrons. The molecule has 4 rings (SSSR count). The fourth-order valence-electron chi connectivity index (χ4n) is 4.49. The van der Waals surface area contributed by atoms with Crippen LogP contribution in [0.2, 0.25) is 0 Å². The molecular weight excluding hydrogens is 636 g/mol. The highest BCUT2D eigenvalue weighted by atomic mass is 79.9. The van der Waals surface area contributed by atoms with Gasteiger partial charge in [0.05, 0.1) is 37.5 Å². The fraction of sp³-hybridized carbons (Fsp3) is 0.750. The molecule has 1 N–H and O–H groups in total. The van der Waals surface area contributed by atoms with Gasteiger partial charge in [0.1, 0.15) is 11.9 Å². The third kappa shape index (κ3) is 12.3. The number of aryl methyl sites for hydroxylation is 2. The second-order valence-electron chi connectivity index (χ2n) is 10.3. The molecule has 2 atom stereocenters. The van der Waals surface area contributed by atoms with Crippen LogP contribution in [-0.4, -0.2) is 102 Å². The van der Waals surface area contributed by atoms with Crippen molar-refractivity contribution in [3.8, 4) is 5.75 Å². The van der Waals surface area contributed by atoms with E-state index in [2.05, 4.69) is 15.9 Å². The van der Waals surface area contributed by atoms with Crippen molar-refractivity contribution in [3.63, 3.8) is 0 Å². The van der Waals surface area contributed by atoms with Gasteiger partial charge < -0.3 is 9.84 Å². The molecule has 3 fully saturated rings. The van der Waals surface area contributed by atoms with Crippen molar-refractivity contribution < 1.29 is 39.3 Å². The summed E-state index contributed by atoms with van der Waals surface area (Å²) in [6.45, 7) is 5.44. The molecular formula is C24H41BrN2O9S3. The number of hydrogen-bond acceptors (Lipinski definition) is 9. The highest BCUT2D eigenvalue weighted by Gasteiger charge is 2.31. The van der Waals surface area contributed by atoms with Gasteiger partial charge in [-0.3, -0.25) is 4.18 Å². The van der Waals surface area contributed by atoms with E-state index in [0.717, 1.165) is 53.1 Å². The van der Waals surface area contributed by atoms with Crippen molar-refractivity contribution in [1.29, 1.82) is 0 Å². The number of hydrogen-bond donors (Lipinski definition) is 1. The van der Waals surface area contributed by atoms with E-state index >= 15 is 0 Å². The van der Waals surface area contributed by atoms with Crippen molar-refractivity contribution in [2.24, 2.45) is 0 Å². The second kappa shape index (κ2) is 14.4. The summed E-state index contributed by atoms with van der Waals surface area (Å²) in [5.74, 6) is 0.804. The second-order valence-corrected chi connectivity index (χ2v) is 16.6. The molecule has 0 amide bonds. The zero-order valence-electron chi connectivity index (χ0n) is 23.2. The number of sulfonamides is 2. The molecule has 226 valence electrons. The van der Waals surface area contributed by atoms with Crippen molar-refractivity contribution in [2.75, 3.05) is 44.9 Å². The minimum Gasteiger partial charge on any atom is -0.489 e. The first-order chi connectivity index (χ1) is 17.8. The Bertz CT molecular complexity index is 1260. The monoisotopic (exact) mass is 676 g/mol. The quantitative estimate of drug-likeness (QED) is 0.449. The Morgan fingerprint density at radius 1 is 0.795 bits per heavy atom. The molecule has 1 saturated carbocycles. The Labute approximate surface area is 242 Å².